The second-order valence-corrected chi connectivity index (χ2v) is 7.14. The molecular formula is C19H31N. The maximum atomic E-state index is 8.58. The molecule has 0 amide bonds. The number of nitrogens with zero attached hydrogens (tertiary/aromatic N) is 1. The highest BCUT2D eigenvalue weighted by Crippen LogP contribution is 2.37. The van der Waals surface area contributed by atoms with Crippen LogP contribution >= 0.6 is 0 Å². The van der Waals surface area contributed by atoms with Crippen LogP contribution in [0.4, 0.5) is 0 Å². The summed E-state index contributed by atoms with van der Waals surface area (Å²) in [5.74, 6) is 3.74. The van der Waals surface area contributed by atoms with Gasteiger partial charge in [-0.1, -0.05) is 57.9 Å². The third kappa shape index (κ3) is 4.97. The van der Waals surface area contributed by atoms with E-state index in [9.17, 15) is 0 Å². The van der Waals surface area contributed by atoms with Gasteiger partial charge in [-0.25, -0.2) is 0 Å². The van der Waals surface area contributed by atoms with Gasteiger partial charge >= 0.3 is 0 Å². The zero-order valence-corrected chi connectivity index (χ0v) is 13.2. The summed E-state index contributed by atoms with van der Waals surface area (Å²) in [5, 5.41) is 8.58. The predicted octanol–water partition coefficient (Wildman–Crippen LogP) is 5.87. The molecule has 0 bridgehead atoms. The molecule has 20 heavy (non-hydrogen) atoms. The van der Waals surface area contributed by atoms with Gasteiger partial charge in [-0.15, -0.1) is 0 Å². The van der Waals surface area contributed by atoms with Crippen molar-refractivity contribution >= 4 is 0 Å². The smallest absolute Gasteiger partial charge is 0.0908 e. The zero-order chi connectivity index (χ0) is 14.2. The normalized spacial score (nSPS) is 35.0. The lowest BCUT2D eigenvalue weighted by molar-refractivity contribution is 0.224. The minimum atomic E-state index is 0.686. The van der Waals surface area contributed by atoms with Crippen LogP contribution in [0, 0.1) is 35.0 Å². The molecule has 0 radical (unpaired) electrons. The largest absolute Gasteiger partial charge is 0.193 e. The van der Waals surface area contributed by atoms with Crippen LogP contribution in [0.2, 0.25) is 0 Å². The summed E-state index contributed by atoms with van der Waals surface area (Å²) in [7, 11) is 0. The first-order valence-electron chi connectivity index (χ1n) is 8.88. The summed E-state index contributed by atoms with van der Waals surface area (Å²) in [5.41, 5.74) is 0. The summed E-state index contributed by atoms with van der Waals surface area (Å²) >= 11 is 0. The summed E-state index contributed by atoms with van der Waals surface area (Å²) in [4.78, 5) is 0. The van der Waals surface area contributed by atoms with Crippen molar-refractivity contribution in [2.24, 2.45) is 23.7 Å². The molecule has 2 aliphatic carbocycles. The first kappa shape index (κ1) is 15.6. The van der Waals surface area contributed by atoms with E-state index in [-0.39, 0.29) is 0 Å². The van der Waals surface area contributed by atoms with Gasteiger partial charge in [0.15, 0.2) is 0 Å². The van der Waals surface area contributed by atoms with Crippen LogP contribution in [0.5, 0.6) is 0 Å². The zero-order valence-electron chi connectivity index (χ0n) is 13.2. The lowest BCUT2D eigenvalue weighted by Gasteiger charge is -2.31. The van der Waals surface area contributed by atoms with E-state index in [2.05, 4.69) is 19.1 Å². The van der Waals surface area contributed by atoms with E-state index in [0.717, 1.165) is 17.8 Å². The third-order valence-corrected chi connectivity index (χ3v) is 5.86. The van der Waals surface area contributed by atoms with Gasteiger partial charge < -0.3 is 0 Å². The van der Waals surface area contributed by atoms with Crippen molar-refractivity contribution in [1.82, 2.24) is 0 Å². The Morgan fingerprint density at radius 3 is 1.85 bits per heavy atom. The van der Waals surface area contributed by atoms with E-state index in [1.54, 1.807) is 6.08 Å². The maximum Gasteiger partial charge on any atom is 0.0908 e. The van der Waals surface area contributed by atoms with Crippen LogP contribution in [-0.4, -0.2) is 0 Å². The number of hydrogen-bond acceptors (Lipinski definition) is 1. The molecule has 2 aliphatic rings. The number of hydrogen-bond donors (Lipinski definition) is 0. The molecule has 0 spiro atoms. The molecule has 0 aromatic rings. The minimum absolute atomic E-state index is 0.686. The summed E-state index contributed by atoms with van der Waals surface area (Å²) < 4.78 is 0. The van der Waals surface area contributed by atoms with Crippen molar-refractivity contribution in [3.63, 3.8) is 0 Å². The predicted molar refractivity (Wildman–Crippen MR) is 85.2 cm³/mol. The Kier molecular flexibility index (Phi) is 6.64. The maximum absolute atomic E-state index is 8.58. The Bertz CT molecular complexity index is 322. The van der Waals surface area contributed by atoms with Gasteiger partial charge in [0.25, 0.3) is 0 Å². The minimum Gasteiger partial charge on any atom is -0.193 e. The van der Waals surface area contributed by atoms with Gasteiger partial charge in [0.05, 0.1) is 6.07 Å². The fraction of sp³-hybridized carbons (Fsp3) is 0.842. The molecule has 0 atom stereocenters. The second kappa shape index (κ2) is 8.50. The van der Waals surface area contributed by atoms with Gasteiger partial charge in [-0.05, 0) is 49.4 Å². The Morgan fingerprint density at radius 1 is 0.850 bits per heavy atom. The lowest BCUT2D eigenvalue weighted by atomic mass is 9.75. The monoisotopic (exact) mass is 273 g/mol. The van der Waals surface area contributed by atoms with Gasteiger partial charge in [-0.3, -0.25) is 0 Å². The first-order valence-corrected chi connectivity index (χ1v) is 8.88. The van der Waals surface area contributed by atoms with Crippen molar-refractivity contribution in [2.75, 3.05) is 0 Å². The lowest BCUT2D eigenvalue weighted by Crippen LogP contribution is -2.17. The van der Waals surface area contributed by atoms with Crippen LogP contribution in [0.1, 0.15) is 77.6 Å². The first-order chi connectivity index (χ1) is 9.81. The van der Waals surface area contributed by atoms with Crippen molar-refractivity contribution in [3.8, 4) is 6.07 Å². The van der Waals surface area contributed by atoms with E-state index in [1.807, 2.05) is 0 Å². The number of allylic oxidation sites excluding steroid dienone is 2. The molecule has 0 aromatic heterocycles. The van der Waals surface area contributed by atoms with Gasteiger partial charge in [0, 0.05) is 6.08 Å². The highest BCUT2D eigenvalue weighted by atomic mass is 14.3. The van der Waals surface area contributed by atoms with Crippen LogP contribution in [-0.2, 0) is 0 Å². The standard InChI is InChI=1S/C19H31N/c1-2-16-5-7-18(8-6-16)13-14-19-11-9-17(10-12-19)4-3-15-20/h3-4,16-19H,2,5-14H2,1H3. The summed E-state index contributed by atoms with van der Waals surface area (Å²) in [6, 6.07) is 2.12. The molecule has 0 aliphatic heterocycles. The van der Waals surface area contributed by atoms with Gasteiger partial charge in [0.2, 0.25) is 0 Å². The SMILES string of the molecule is CCC1CCC(CCC2CCC(C=CC#N)CC2)CC1. The van der Waals surface area contributed by atoms with E-state index >= 15 is 0 Å². The van der Waals surface area contributed by atoms with E-state index < -0.39 is 0 Å². The van der Waals surface area contributed by atoms with E-state index in [0.29, 0.717) is 5.92 Å². The highest BCUT2D eigenvalue weighted by Gasteiger charge is 2.23. The van der Waals surface area contributed by atoms with Crippen molar-refractivity contribution < 1.29 is 0 Å². The Labute approximate surface area is 125 Å². The number of nitriles is 1. The molecule has 1 heteroatoms. The van der Waals surface area contributed by atoms with Crippen LogP contribution in [0.25, 0.3) is 0 Å². The molecule has 112 valence electrons. The quantitative estimate of drug-likeness (QED) is 0.575. The van der Waals surface area contributed by atoms with Crippen LogP contribution < -0.4 is 0 Å². The van der Waals surface area contributed by atoms with Gasteiger partial charge in [0.1, 0.15) is 0 Å². The Balaban J connectivity index is 1.60. The fourth-order valence-corrected chi connectivity index (χ4v) is 4.25. The van der Waals surface area contributed by atoms with Crippen molar-refractivity contribution in [3.05, 3.63) is 12.2 Å². The van der Waals surface area contributed by atoms with Gasteiger partial charge in [-0.2, -0.15) is 5.26 Å². The molecule has 0 N–H and O–H groups in total. The molecule has 2 saturated carbocycles. The summed E-state index contributed by atoms with van der Waals surface area (Å²) in [6.07, 6.45) is 19.5. The van der Waals surface area contributed by atoms with Crippen LogP contribution in [0.3, 0.4) is 0 Å². The highest BCUT2D eigenvalue weighted by molar-refractivity contribution is 5.04. The average molecular weight is 273 g/mol. The second-order valence-electron chi connectivity index (χ2n) is 7.14. The Hall–Kier alpha value is -0.770. The topological polar surface area (TPSA) is 23.8 Å². The molecular weight excluding hydrogens is 242 g/mol. The van der Waals surface area contributed by atoms with Crippen molar-refractivity contribution in [1.29, 1.82) is 5.26 Å². The molecule has 0 unspecified atom stereocenters. The fourth-order valence-electron chi connectivity index (χ4n) is 4.25. The van der Waals surface area contributed by atoms with Crippen molar-refractivity contribution in [2.45, 2.75) is 77.6 Å². The molecule has 2 fully saturated rings. The van der Waals surface area contributed by atoms with Crippen LogP contribution in [0.15, 0.2) is 12.2 Å². The average Bonchev–Trinajstić information content (AvgIpc) is 2.52. The molecule has 0 heterocycles. The van der Waals surface area contributed by atoms with E-state index in [1.165, 1.54) is 70.6 Å². The molecule has 0 saturated heterocycles. The van der Waals surface area contributed by atoms with E-state index in [4.69, 9.17) is 5.26 Å². The summed E-state index contributed by atoms with van der Waals surface area (Å²) in [6.45, 7) is 2.35. The molecule has 2 rings (SSSR count). The molecule has 0 aromatic carbocycles. The third-order valence-electron chi connectivity index (χ3n) is 5.86. The molecule has 1 nitrogen and oxygen atoms in total. The number of rotatable bonds is 5. The Morgan fingerprint density at radius 2 is 1.35 bits per heavy atom.